The van der Waals surface area contributed by atoms with Gasteiger partial charge in [-0.3, -0.25) is 57.5 Å². The van der Waals surface area contributed by atoms with Crippen LogP contribution in [0.15, 0.2) is 116 Å². The number of nitrogens with two attached hydrogens (primary N) is 2. The second-order valence-corrected chi connectivity index (χ2v) is 25.5. The van der Waals surface area contributed by atoms with Crippen molar-refractivity contribution in [1.82, 2.24) is 62.8 Å². The first-order chi connectivity index (χ1) is 50.0. The number of nitrogens with one attached hydrogen (secondary N) is 12. The Labute approximate surface area is 600 Å². The number of H-pyrrole nitrogens is 3. The number of hydrogen-bond donors (Lipinski definition) is 21. The lowest BCUT2D eigenvalue weighted by Crippen LogP contribution is -2.63. The van der Waals surface area contributed by atoms with E-state index in [0.717, 1.165) is 13.8 Å². The number of aromatic amines is 3. The van der Waals surface area contributed by atoms with Gasteiger partial charge < -0.3 is 110 Å². The minimum Gasteiger partial charge on any atom is -0.508 e. The average molecular weight is 1460 g/mol. The molecule has 0 aliphatic rings. The maximum absolute atomic E-state index is 15.3. The number of carboxylic acid groups (broad SMARTS) is 4. The maximum atomic E-state index is 15.3. The van der Waals surface area contributed by atoms with Crippen LogP contribution in [0.25, 0.3) is 32.7 Å². The van der Waals surface area contributed by atoms with E-state index in [9.17, 15) is 88.5 Å². The van der Waals surface area contributed by atoms with Gasteiger partial charge in [0, 0.05) is 96.2 Å². The first-order valence-corrected chi connectivity index (χ1v) is 33.9. The minimum atomic E-state index is -2.04. The minimum absolute atomic E-state index is 0.152. The number of unbranched alkanes of at least 4 members (excludes halogenated alkanes) is 1. The van der Waals surface area contributed by atoms with Crippen molar-refractivity contribution in [2.45, 2.75) is 170 Å². The van der Waals surface area contributed by atoms with Gasteiger partial charge >= 0.3 is 23.9 Å². The molecule has 0 saturated heterocycles. The molecule has 7 rings (SSSR count). The third-order valence-electron chi connectivity index (χ3n) is 17.5. The van der Waals surface area contributed by atoms with Crippen molar-refractivity contribution in [1.29, 1.82) is 0 Å². The molecule has 3 heterocycles. The summed E-state index contributed by atoms with van der Waals surface area (Å²) in [6.07, 6.45) is -3.09. The van der Waals surface area contributed by atoms with Gasteiger partial charge in [0.15, 0.2) is 0 Å². The summed E-state index contributed by atoms with van der Waals surface area (Å²) in [5, 5.41) is 95.2. The van der Waals surface area contributed by atoms with Gasteiger partial charge in [0.05, 0.1) is 18.2 Å². The standard InChI is InChI=1S/C71H88N14O20/c1-36(86)60(84-63(96)50(22-25-57(89)90)77-62(95)46(73)14-9-10-28-72)69(102)82-55(31-40-34-75-48-16-7-4-12-44(40)48)66(99)78-51(23-26-58(91)92)64(97)85-61(37(2)87)70(103)83-56(32-41-35-76-49-17-8-5-13-45(41)49)68(101)81-54(30-39-33-74-47-15-6-3-11-43(39)47)67(100)80-53(29-38-18-20-42(88)21-19-38)65(98)79-52(71(104)105)24-27-59(93)94/h3-8,11-13,15-21,33-37,46,50-56,60-61,74-76,86-88H,9-10,14,22-32,72-73H2,1-2H3,(H,77,95)(H,78,99)(H,79,98)(H,80,100)(H,81,101)(H,82,102)(H,83,103)(H,84,96)(H,85,97)(H,89,90)(H,91,92)(H,93,94)(H,104,105)/t36-,37-,46+,50+,51+,52+,53+,54+,55+,56+,60+,61+/m1/s1. The van der Waals surface area contributed by atoms with Crippen molar-refractivity contribution in [3.8, 4) is 5.75 Å². The molecule has 0 saturated carbocycles. The SMILES string of the molecule is C[C@@H](O)[C@H](NC(=O)[C@H](CCC(=O)O)NC(=O)[C@H](Cc1c[nH]c2ccccc12)NC(=O)[C@@H](NC(=O)[C@H](CCC(=O)O)NC(=O)[C@@H](N)CCCCN)[C@@H](C)O)C(=O)N[C@@H](Cc1c[nH]c2ccccc12)C(=O)N[C@@H](Cc1c[nH]c2ccccc12)C(=O)N[C@@H](Cc1ccc(O)cc1)C(=O)N[C@@H](CCC(=O)O)C(=O)O. The fourth-order valence-electron chi connectivity index (χ4n) is 11.7. The van der Waals surface area contributed by atoms with E-state index in [0.29, 0.717) is 74.3 Å². The average Bonchev–Trinajstić information content (AvgIpc) is 1.74. The number of phenolic OH excluding ortho intramolecular Hbond substituents is 1. The van der Waals surface area contributed by atoms with Crippen LogP contribution in [0.5, 0.6) is 5.75 Å². The number of benzene rings is 4. The number of carbonyl (C=O) groups excluding carboxylic acids is 9. The predicted molar refractivity (Wildman–Crippen MR) is 378 cm³/mol. The highest BCUT2D eigenvalue weighted by atomic mass is 16.4. The van der Waals surface area contributed by atoms with Crippen LogP contribution in [-0.4, -0.2) is 207 Å². The molecule has 0 bridgehead atoms. The molecule has 105 heavy (non-hydrogen) atoms. The molecule has 9 amide bonds. The van der Waals surface area contributed by atoms with Gasteiger partial charge in [-0.2, -0.15) is 0 Å². The second-order valence-electron chi connectivity index (χ2n) is 25.5. The van der Waals surface area contributed by atoms with E-state index in [2.05, 4.69) is 62.8 Å². The summed E-state index contributed by atoms with van der Waals surface area (Å²) >= 11 is 0. The van der Waals surface area contributed by atoms with E-state index in [-0.39, 0.29) is 31.4 Å². The molecule has 34 nitrogen and oxygen atoms in total. The summed E-state index contributed by atoms with van der Waals surface area (Å²) in [5.41, 5.74) is 15.1. The number of carbonyl (C=O) groups is 13. The van der Waals surface area contributed by atoms with Gasteiger partial charge in [0.1, 0.15) is 60.1 Å². The van der Waals surface area contributed by atoms with E-state index in [1.807, 2.05) is 0 Å². The van der Waals surface area contributed by atoms with Crippen molar-refractivity contribution in [2.75, 3.05) is 6.54 Å². The Morgan fingerprint density at radius 1 is 0.381 bits per heavy atom. The molecule has 4 aromatic carbocycles. The highest BCUT2D eigenvalue weighted by Crippen LogP contribution is 2.24. The number of carboxylic acids is 4. The number of hydrogen-bond acceptors (Lipinski definition) is 18. The van der Waals surface area contributed by atoms with Crippen LogP contribution in [0.3, 0.4) is 0 Å². The Morgan fingerprint density at radius 3 is 1.05 bits per heavy atom. The maximum Gasteiger partial charge on any atom is 0.326 e. The Hall–Kier alpha value is -11.8. The third-order valence-corrected chi connectivity index (χ3v) is 17.5. The molecule has 3 aromatic heterocycles. The molecule has 0 fully saturated rings. The Bertz CT molecular complexity index is 4250. The zero-order chi connectivity index (χ0) is 76.6. The molecule has 0 unspecified atom stereocenters. The molecule has 562 valence electrons. The number of fused-ring (bicyclic) bond motifs is 3. The number of rotatable bonds is 42. The highest BCUT2D eigenvalue weighted by molar-refractivity contribution is 6.00. The Morgan fingerprint density at radius 2 is 0.695 bits per heavy atom. The van der Waals surface area contributed by atoms with E-state index in [4.69, 9.17) is 11.5 Å². The fraction of sp³-hybridized carbons (Fsp3) is 0.394. The van der Waals surface area contributed by atoms with Crippen molar-refractivity contribution < 1.29 is 98.1 Å². The zero-order valence-corrected chi connectivity index (χ0v) is 57.4. The molecule has 0 radical (unpaired) electrons. The quantitative estimate of drug-likeness (QED) is 0.0212. The summed E-state index contributed by atoms with van der Waals surface area (Å²) in [6, 6.07) is 8.88. The van der Waals surface area contributed by atoms with Gasteiger partial charge in [0.2, 0.25) is 53.2 Å². The number of phenols is 1. The lowest BCUT2D eigenvalue weighted by Gasteiger charge is -2.29. The summed E-state index contributed by atoms with van der Waals surface area (Å²) < 4.78 is 0. The molecule has 12 atom stereocenters. The molecule has 0 spiro atoms. The number of aromatic hydroxyl groups is 1. The van der Waals surface area contributed by atoms with Crippen LogP contribution in [0.2, 0.25) is 0 Å². The first kappa shape index (κ1) is 80.6. The van der Waals surface area contributed by atoms with Crippen LogP contribution >= 0.6 is 0 Å². The molecule has 23 N–H and O–H groups in total. The van der Waals surface area contributed by atoms with Gasteiger partial charge in [-0.1, -0.05) is 73.2 Å². The number of aliphatic hydroxyl groups excluding tert-OH is 2. The third kappa shape index (κ3) is 23.6. The predicted octanol–water partition coefficient (Wildman–Crippen LogP) is -0.633. The van der Waals surface area contributed by atoms with Crippen LogP contribution in [-0.2, 0) is 88.0 Å². The largest absolute Gasteiger partial charge is 0.508 e. The van der Waals surface area contributed by atoms with E-state index >= 15 is 9.59 Å². The molecule has 0 aliphatic heterocycles. The van der Waals surface area contributed by atoms with Crippen molar-refractivity contribution >= 4 is 110 Å². The first-order valence-electron chi connectivity index (χ1n) is 33.9. The van der Waals surface area contributed by atoms with Crippen LogP contribution < -0.4 is 59.3 Å². The van der Waals surface area contributed by atoms with E-state index in [1.54, 1.807) is 85.2 Å². The van der Waals surface area contributed by atoms with Crippen LogP contribution in [0.4, 0.5) is 0 Å². The summed E-state index contributed by atoms with van der Waals surface area (Å²) in [5.74, 6) is -15.9. The van der Waals surface area contributed by atoms with Gasteiger partial charge in [-0.15, -0.1) is 0 Å². The number of aliphatic carboxylic acids is 4. The van der Waals surface area contributed by atoms with E-state index in [1.165, 1.54) is 30.5 Å². The Balaban J connectivity index is 1.18. The number of aromatic nitrogens is 3. The number of aliphatic hydroxyl groups is 2. The lowest BCUT2D eigenvalue weighted by atomic mass is 9.99. The number of para-hydroxylation sites is 3. The topological polar surface area (TPSA) is 571 Å². The highest BCUT2D eigenvalue weighted by Gasteiger charge is 2.39. The molecular weight excluding hydrogens is 1370 g/mol. The van der Waals surface area contributed by atoms with E-state index < -0.39 is 195 Å². The summed E-state index contributed by atoms with van der Waals surface area (Å²) in [7, 11) is 0. The summed E-state index contributed by atoms with van der Waals surface area (Å²) in [4.78, 5) is 187. The fourth-order valence-corrected chi connectivity index (χ4v) is 11.7. The monoisotopic (exact) mass is 1460 g/mol. The van der Waals surface area contributed by atoms with Gasteiger partial charge in [0.25, 0.3) is 0 Å². The molecular formula is C71H88N14O20. The zero-order valence-electron chi connectivity index (χ0n) is 57.4. The van der Waals surface area contributed by atoms with Gasteiger partial charge in [-0.25, -0.2) is 4.79 Å². The van der Waals surface area contributed by atoms with Crippen molar-refractivity contribution in [2.24, 2.45) is 11.5 Å². The number of amides is 9. The normalized spacial score (nSPS) is 14.8. The van der Waals surface area contributed by atoms with Crippen LogP contribution in [0, 0.1) is 0 Å². The Kier molecular flexibility index (Phi) is 29.5. The van der Waals surface area contributed by atoms with Gasteiger partial charge in [-0.05, 0) is 105 Å². The van der Waals surface area contributed by atoms with Crippen molar-refractivity contribution in [3.63, 3.8) is 0 Å². The molecule has 0 aliphatic carbocycles. The second kappa shape index (κ2) is 38.5. The van der Waals surface area contributed by atoms with Crippen LogP contribution in [0.1, 0.15) is 93.9 Å². The van der Waals surface area contributed by atoms with Crippen molar-refractivity contribution in [3.05, 3.63) is 138 Å². The lowest BCUT2D eigenvalue weighted by molar-refractivity contribution is -0.143. The summed E-state index contributed by atoms with van der Waals surface area (Å²) in [6.45, 7) is 2.51. The molecule has 34 heteroatoms. The molecule has 7 aromatic rings. The smallest absolute Gasteiger partial charge is 0.326 e.